The smallest absolute Gasteiger partial charge is 0.268 e. The number of aromatic nitrogens is 2. The van der Waals surface area contributed by atoms with Crippen molar-refractivity contribution in [2.75, 3.05) is 39.8 Å². The maximum Gasteiger partial charge on any atom is 0.268 e. The van der Waals surface area contributed by atoms with Crippen molar-refractivity contribution < 1.29 is 0 Å². The summed E-state index contributed by atoms with van der Waals surface area (Å²) in [7, 11) is 2.13. The Morgan fingerprint density at radius 1 is 1.33 bits per heavy atom. The summed E-state index contributed by atoms with van der Waals surface area (Å²) in [5.41, 5.74) is -0.0512. The summed E-state index contributed by atoms with van der Waals surface area (Å²) in [5.74, 6) is 0. The summed E-state index contributed by atoms with van der Waals surface area (Å²) in [5, 5.41) is 0.288. The summed E-state index contributed by atoms with van der Waals surface area (Å²) in [6.45, 7) is 5.85. The van der Waals surface area contributed by atoms with Gasteiger partial charge in [0.2, 0.25) is 0 Å². The summed E-state index contributed by atoms with van der Waals surface area (Å²) in [6, 6.07) is 0. The topological polar surface area (TPSA) is 41.4 Å². The van der Waals surface area contributed by atoms with E-state index in [9.17, 15) is 4.79 Å². The molecule has 2 rings (SSSR count). The molecule has 100 valence electrons. The lowest BCUT2D eigenvalue weighted by Gasteiger charge is -2.32. The zero-order valence-corrected chi connectivity index (χ0v) is 13.2. The summed E-state index contributed by atoms with van der Waals surface area (Å²) in [6.07, 6.45) is 1.53. The van der Waals surface area contributed by atoms with Gasteiger partial charge in [0.1, 0.15) is 8.72 Å². The molecule has 7 heteroatoms. The Bertz CT molecular complexity index is 471. The Balaban J connectivity index is 1.95. The second kappa shape index (κ2) is 6.31. The van der Waals surface area contributed by atoms with Crippen LogP contribution in [0.5, 0.6) is 0 Å². The first-order valence-electron chi connectivity index (χ1n) is 5.89. The lowest BCUT2D eigenvalue weighted by Crippen LogP contribution is -2.45. The highest BCUT2D eigenvalue weighted by Crippen LogP contribution is 2.09. The standard InChI is InChI=1S/C11H16ClIN4O/c1-15-2-4-16(5-3-15)6-7-17-8-14-10(12)9(13)11(17)18/h8H,2-7H2,1H3. The van der Waals surface area contributed by atoms with Crippen LogP contribution in [0.3, 0.4) is 0 Å². The highest BCUT2D eigenvalue weighted by Gasteiger charge is 2.14. The molecule has 1 fully saturated rings. The van der Waals surface area contributed by atoms with Crippen LogP contribution >= 0.6 is 34.2 Å². The van der Waals surface area contributed by atoms with Gasteiger partial charge >= 0.3 is 0 Å². The van der Waals surface area contributed by atoms with Gasteiger partial charge in [0.25, 0.3) is 5.56 Å². The fraction of sp³-hybridized carbons (Fsp3) is 0.636. The van der Waals surface area contributed by atoms with Gasteiger partial charge in [0, 0.05) is 39.3 Å². The van der Waals surface area contributed by atoms with Crippen LogP contribution in [0.25, 0.3) is 0 Å². The third-order valence-electron chi connectivity index (χ3n) is 3.19. The Labute approximate surface area is 125 Å². The average Bonchev–Trinajstić information content (AvgIpc) is 2.37. The van der Waals surface area contributed by atoms with Gasteiger partial charge in [0.05, 0.1) is 6.33 Å². The van der Waals surface area contributed by atoms with Gasteiger partial charge in [-0.3, -0.25) is 14.3 Å². The minimum atomic E-state index is -0.0512. The number of halogens is 2. The largest absolute Gasteiger partial charge is 0.304 e. The molecule has 2 heterocycles. The molecule has 1 aromatic heterocycles. The molecule has 1 aromatic rings. The zero-order valence-electron chi connectivity index (χ0n) is 10.3. The molecule has 0 aromatic carbocycles. The van der Waals surface area contributed by atoms with E-state index in [-0.39, 0.29) is 10.7 Å². The maximum atomic E-state index is 11.9. The molecule has 0 atom stereocenters. The minimum absolute atomic E-state index is 0.0512. The van der Waals surface area contributed by atoms with Gasteiger partial charge < -0.3 is 4.90 Å². The van der Waals surface area contributed by atoms with E-state index >= 15 is 0 Å². The van der Waals surface area contributed by atoms with E-state index in [0.717, 1.165) is 32.7 Å². The van der Waals surface area contributed by atoms with Crippen molar-refractivity contribution in [3.05, 3.63) is 25.4 Å². The molecule has 0 N–H and O–H groups in total. The molecule has 0 saturated carbocycles. The molecule has 5 nitrogen and oxygen atoms in total. The van der Waals surface area contributed by atoms with Crippen LogP contribution in [0, 0.1) is 3.57 Å². The second-order valence-corrected chi connectivity index (χ2v) is 5.93. The summed E-state index contributed by atoms with van der Waals surface area (Å²) >= 11 is 7.75. The van der Waals surface area contributed by atoms with E-state index < -0.39 is 0 Å². The number of nitrogens with zero attached hydrogens (tertiary/aromatic N) is 4. The first-order valence-corrected chi connectivity index (χ1v) is 7.35. The lowest BCUT2D eigenvalue weighted by atomic mass is 10.3. The molecule has 0 unspecified atom stereocenters. The van der Waals surface area contributed by atoms with Crippen LogP contribution in [-0.2, 0) is 6.54 Å². The van der Waals surface area contributed by atoms with Crippen molar-refractivity contribution >= 4 is 34.2 Å². The summed E-state index contributed by atoms with van der Waals surface area (Å²) in [4.78, 5) is 20.6. The molecular formula is C11H16ClIN4O. The van der Waals surface area contributed by atoms with Crippen molar-refractivity contribution in [2.45, 2.75) is 6.54 Å². The van der Waals surface area contributed by atoms with Crippen LogP contribution in [0.4, 0.5) is 0 Å². The maximum absolute atomic E-state index is 11.9. The molecule has 0 amide bonds. The molecule has 0 radical (unpaired) electrons. The molecular weight excluding hydrogens is 367 g/mol. The van der Waals surface area contributed by atoms with Crippen molar-refractivity contribution in [2.24, 2.45) is 0 Å². The van der Waals surface area contributed by atoms with Crippen LogP contribution < -0.4 is 5.56 Å². The average molecular weight is 383 g/mol. The Hall–Kier alpha value is -0.180. The normalized spacial score (nSPS) is 18.2. The first-order chi connectivity index (χ1) is 8.58. The lowest BCUT2D eigenvalue weighted by molar-refractivity contribution is 0.149. The molecule has 1 saturated heterocycles. The van der Waals surface area contributed by atoms with Crippen LogP contribution in [0.2, 0.25) is 5.15 Å². The van der Waals surface area contributed by atoms with E-state index in [1.165, 1.54) is 6.33 Å². The number of piperazine rings is 1. The van der Waals surface area contributed by atoms with Gasteiger partial charge in [-0.2, -0.15) is 0 Å². The second-order valence-electron chi connectivity index (χ2n) is 4.49. The Kier molecular flexibility index (Phi) is 4.99. The van der Waals surface area contributed by atoms with Gasteiger partial charge in [0.15, 0.2) is 0 Å². The fourth-order valence-corrected chi connectivity index (χ4v) is 2.50. The van der Waals surface area contributed by atoms with E-state index in [1.807, 2.05) is 22.6 Å². The van der Waals surface area contributed by atoms with Gasteiger partial charge in [-0.15, -0.1) is 0 Å². The Morgan fingerprint density at radius 3 is 2.67 bits per heavy atom. The highest BCUT2D eigenvalue weighted by atomic mass is 127. The summed E-state index contributed by atoms with van der Waals surface area (Å²) < 4.78 is 2.13. The van der Waals surface area contributed by atoms with E-state index in [0.29, 0.717) is 10.1 Å². The van der Waals surface area contributed by atoms with Crippen molar-refractivity contribution in [3.63, 3.8) is 0 Å². The number of likely N-dealkylation sites (N-methyl/N-ethyl adjacent to an activating group) is 1. The van der Waals surface area contributed by atoms with Crippen LogP contribution in [0.1, 0.15) is 0 Å². The minimum Gasteiger partial charge on any atom is -0.304 e. The molecule has 0 aliphatic carbocycles. The van der Waals surface area contributed by atoms with Crippen molar-refractivity contribution in [1.29, 1.82) is 0 Å². The molecule has 1 aliphatic heterocycles. The monoisotopic (exact) mass is 382 g/mol. The third-order valence-corrected chi connectivity index (χ3v) is 4.77. The fourth-order valence-electron chi connectivity index (χ4n) is 1.92. The SMILES string of the molecule is CN1CCN(CCn2cnc(Cl)c(I)c2=O)CC1. The number of hydrogen-bond donors (Lipinski definition) is 0. The van der Waals surface area contributed by atoms with Crippen LogP contribution in [-0.4, -0.2) is 59.1 Å². The molecule has 0 bridgehead atoms. The zero-order chi connectivity index (χ0) is 13.1. The van der Waals surface area contributed by atoms with Crippen molar-refractivity contribution in [3.8, 4) is 0 Å². The van der Waals surface area contributed by atoms with Gasteiger partial charge in [-0.25, -0.2) is 4.98 Å². The van der Waals surface area contributed by atoms with E-state index in [1.54, 1.807) is 4.57 Å². The van der Waals surface area contributed by atoms with Gasteiger partial charge in [-0.05, 0) is 29.6 Å². The molecule has 18 heavy (non-hydrogen) atoms. The van der Waals surface area contributed by atoms with Crippen molar-refractivity contribution in [1.82, 2.24) is 19.4 Å². The van der Waals surface area contributed by atoms with E-state index in [4.69, 9.17) is 11.6 Å². The molecule has 0 spiro atoms. The Morgan fingerprint density at radius 2 is 2.00 bits per heavy atom. The highest BCUT2D eigenvalue weighted by molar-refractivity contribution is 14.1. The third kappa shape index (κ3) is 3.43. The van der Waals surface area contributed by atoms with Crippen LogP contribution in [0.15, 0.2) is 11.1 Å². The quantitative estimate of drug-likeness (QED) is 0.571. The predicted molar refractivity (Wildman–Crippen MR) is 80.2 cm³/mol. The van der Waals surface area contributed by atoms with Gasteiger partial charge in [-0.1, -0.05) is 11.6 Å². The number of rotatable bonds is 3. The first kappa shape index (κ1) is 14.2. The predicted octanol–water partition coefficient (Wildman–Crippen LogP) is 0.749. The molecule has 1 aliphatic rings. The van der Waals surface area contributed by atoms with E-state index in [2.05, 4.69) is 21.8 Å². The number of hydrogen-bond acceptors (Lipinski definition) is 4.